The summed E-state index contributed by atoms with van der Waals surface area (Å²) in [6.45, 7) is 3.64. The van der Waals surface area contributed by atoms with Crippen LogP contribution < -0.4 is 10.6 Å². The predicted molar refractivity (Wildman–Crippen MR) is 104 cm³/mol. The van der Waals surface area contributed by atoms with Crippen LogP contribution in [0.3, 0.4) is 0 Å². The number of carbonyl (C=O) groups is 1. The lowest BCUT2D eigenvalue weighted by Crippen LogP contribution is -2.51. The predicted octanol–water partition coefficient (Wildman–Crippen LogP) is 2.79. The van der Waals surface area contributed by atoms with Crippen molar-refractivity contribution >= 4 is 11.8 Å². The van der Waals surface area contributed by atoms with Crippen LogP contribution in [0.15, 0.2) is 36.5 Å². The quantitative estimate of drug-likeness (QED) is 0.799. The number of urea groups is 1. The molecule has 1 saturated heterocycles. The van der Waals surface area contributed by atoms with Gasteiger partial charge in [-0.2, -0.15) is 10.4 Å². The Morgan fingerprint density at radius 2 is 2.07 bits per heavy atom. The average molecular weight is 383 g/mol. The monoisotopic (exact) mass is 383 g/mol. The largest absolute Gasteiger partial charge is 0.382 e. The number of amides is 2. The van der Waals surface area contributed by atoms with Crippen molar-refractivity contribution in [1.29, 1.82) is 5.26 Å². The van der Waals surface area contributed by atoms with E-state index in [4.69, 9.17) is 14.7 Å². The SMILES string of the molecule is COCC(C)n1ccc(NC(=O)NC2(c3ccc(C#N)cc3)CCOCC2)n1. The zero-order valence-electron chi connectivity index (χ0n) is 16.1. The highest BCUT2D eigenvalue weighted by Gasteiger charge is 2.36. The molecular weight excluding hydrogens is 358 g/mol. The smallest absolute Gasteiger partial charge is 0.321 e. The molecule has 28 heavy (non-hydrogen) atoms. The summed E-state index contributed by atoms with van der Waals surface area (Å²) in [6, 6.07) is 10.9. The highest BCUT2D eigenvalue weighted by Crippen LogP contribution is 2.32. The first kappa shape index (κ1) is 19.9. The van der Waals surface area contributed by atoms with Gasteiger partial charge in [0.1, 0.15) is 0 Å². The number of carbonyl (C=O) groups excluding carboxylic acids is 1. The molecule has 8 nitrogen and oxygen atoms in total. The second-order valence-corrected chi connectivity index (χ2v) is 6.95. The van der Waals surface area contributed by atoms with Gasteiger partial charge in [0.25, 0.3) is 0 Å². The van der Waals surface area contributed by atoms with Crippen molar-refractivity contribution < 1.29 is 14.3 Å². The lowest BCUT2D eigenvalue weighted by atomic mass is 9.82. The van der Waals surface area contributed by atoms with Crippen LogP contribution in [0, 0.1) is 11.3 Å². The summed E-state index contributed by atoms with van der Waals surface area (Å²) >= 11 is 0. The summed E-state index contributed by atoms with van der Waals surface area (Å²) in [5, 5.41) is 19.3. The molecule has 2 N–H and O–H groups in total. The molecule has 1 aromatic heterocycles. The van der Waals surface area contributed by atoms with Crippen molar-refractivity contribution in [1.82, 2.24) is 15.1 Å². The van der Waals surface area contributed by atoms with Crippen LogP contribution >= 0.6 is 0 Å². The van der Waals surface area contributed by atoms with Crippen molar-refractivity contribution in [3.63, 3.8) is 0 Å². The van der Waals surface area contributed by atoms with Gasteiger partial charge in [-0.15, -0.1) is 0 Å². The van der Waals surface area contributed by atoms with Crippen LogP contribution in [-0.2, 0) is 15.0 Å². The van der Waals surface area contributed by atoms with Gasteiger partial charge in [0, 0.05) is 32.6 Å². The molecule has 1 aromatic carbocycles. The van der Waals surface area contributed by atoms with Crippen LogP contribution in [0.2, 0.25) is 0 Å². The van der Waals surface area contributed by atoms with E-state index >= 15 is 0 Å². The normalized spacial score (nSPS) is 16.8. The molecule has 2 aromatic rings. The number of ether oxygens (including phenoxy) is 2. The maximum absolute atomic E-state index is 12.7. The Morgan fingerprint density at radius 3 is 2.71 bits per heavy atom. The second-order valence-electron chi connectivity index (χ2n) is 6.95. The summed E-state index contributed by atoms with van der Waals surface area (Å²) in [5.74, 6) is 0.475. The molecule has 0 saturated carbocycles. The maximum atomic E-state index is 12.7. The minimum atomic E-state index is -0.539. The number of nitrogens with zero attached hydrogens (tertiary/aromatic N) is 3. The summed E-state index contributed by atoms with van der Waals surface area (Å²) < 4.78 is 12.4. The Bertz CT molecular complexity index is 834. The number of rotatable bonds is 6. The number of benzene rings is 1. The average Bonchev–Trinajstić information content (AvgIpc) is 3.17. The Balaban J connectivity index is 1.72. The fraction of sp³-hybridized carbons (Fsp3) is 0.450. The van der Waals surface area contributed by atoms with Gasteiger partial charge < -0.3 is 14.8 Å². The third-order valence-electron chi connectivity index (χ3n) is 4.98. The molecule has 0 spiro atoms. The molecule has 3 rings (SSSR count). The van der Waals surface area contributed by atoms with Crippen molar-refractivity contribution in [2.45, 2.75) is 31.3 Å². The zero-order valence-corrected chi connectivity index (χ0v) is 16.1. The third kappa shape index (κ3) is 4.50. The van der Waals surface area contributed by atoms with Gasteiger partial charge >= 0.3 is 6.03 Å². The number of nitrogens with one attached hydrogen (secondary N) is 2. The second kappa shape index (κ2) is 8.87. The Morgan fingerprint density at radius 1 is 1.36 bits per heavy atom. The van der Waals surface area contributed by atoms with E-state index in [-0.39, 0.29) is 12.1 Å². The molecule has 1 aliphatic heterocycles. The van der Waals surface area contributed by atoms with Crippen LogP contribution in [0.4, 0.5) is 10.6 Å². The maximum Gasteiger partial charge on any atom is 0.321 e. The number of nitriles is 1. The number of aromatic nitrogens is 2. The molecule has 0 radical (unpaired) electrons. The molecule has 148 valence electrons. The minimum Gasteiger partial charge on any atom is -0.382 e. The van der Waals surface area contributed by atoms with Gasteiger partial charge in [-0.05, 0) is 37.5 Å². The molecule has 0 bridgehead atoms. The Hall–Kier alpha value is -2.89. The number of hydrogen-bond acceptors (Lipinski definition) is 5. The van der Waals surface area contributed by atoms with E-state index in [1.165, 1.54) is 0 Å². The molecule has 1 fully saturated rings. The van der Waals surface area contributed by atoms with Crippen molar-refractivity contribution in [3.05, 3.63) is 47.7 Å². The summed E-state index contributed by atoms with van der Waals surface area (Å²) in [4.78, 5) is 12.7. The molecule has 8 heteroatoms. The zero-order chi connectivity index (χ0) is 20.0. The van der Waals surface area contributed by atoms with E-state index in [9.17, 15) is 4.79 Å². The van der Waals surface area contributed by atoms with Crippen LogP contribution in [0.25, 0.3) is 0 Å². The van der Waals surface area contributed by atoms with E-state index in [2.05, 4.69) is 21.8 Å². The van der Waals surface area contributed by atoms with E-state index in [1.807, 2.05) is 25.3 Å². The summed E-state index contributed by atoms with van der Waals surface area (Å²) in [6.07, 6.45) is 3.13. The third-order valence-corrected chi connectivity index (χ3v) is 4.98. The number of hydrogen-bond donors (Lipinski definition) is 2. The molecule has 1 unspecified atom stereocenters. The van der Waals surface area contributed by atoms with Gasteiger partial charge in [-0.3, -0.25) is 10.00 Å². The molecule has 1 aliphatic rings. The first-order valence-corrected chi connectivity index (χ1v) is 9.28. The fourth-order valence-corrected chi connectivity index (χ4v) is 3.40. The van der Waals surface area contributed by atoms with E-state index < -0.39 is 5.54 Å². The van der Waals surface area contributed by atoms with Gasteiger partial charge in [0.2, 0.25) is 0 Å². The van der Waals surface area contributed by atoms with Crippen LogP contribution in [-0.4, -0.2) is 42.7 Å². The molecule has 2 heterocycles. The highest BCUT2D eigenvalue weighted by molar-refractivity contribution is 5.88. The standard InChI is InChI=1S/C20H25N5O3/c1-15(14-27-2)25-10-7-18(24-25)22-19(26)23-20(8-11-28-12-9-20)17-5-3-16(13-21)4-6-17/h3-7,10,15H,8-9,11-12,14H2,1-2H3,(H2,22,23,24,26). The minimum absolute atomic E-state index is 0.0732. The number of anilines is 1. The van der Waals surface area contributed by atoms with Gasteiger partial charge in [-0.25, -0.2) is 4.79 Å². The Kier molecular flexibility index (Phi) is 6.29. The van der Waals surface area contributed by atoms with Crippen LogP contribution in [0.5, 0.6) is 0 Å². The van der Waals surface area contributed by atoms with E-state index in [1.54, 1.807) is 30.0 Å². The van der Waals surface area contributed by atoms with Crippen molar-refractivity contribution in [3.8, 4) is 6.07 Å². The van der Waals surface area contributed by atoms with Crippen LogP contribution in [0.1, 0.15) is 36.9 Å². The molecular formula is C20H25N5O3. The molecule has 2 amide bonds. The molecule has 0 aliphatic carbocycles. The van der Waals surface area contributed by atoms with Crippen molar-refractivity contribution in [2.75, 3.05) is 32.2 Å². The lowest BCUT2D eigenvalue weighted by molar-refractivity contribution is 0.0418. The number of methoxy groups -OCH3 is 1. The first-order valence-electron chi connectivity index (χ1n) is 9.28. The van der Waals surface area contributed by atoms with E-state index in [0.717, 1.165) is 5.56 Å². The van der Waals surface area contributed by atoms with E-state index in [0.29, 0.717) is 44.0 Å². The van der Waals surface area contributed by atoms with Gasteiger partial charge in [0.15, 0.2) is 5.82 Å². The summed E-state index contributed by atoms with van der Waals surface area (Å²) in [5.41, 5.74) is 1.01. The summed E-state index contributed by atoms with van der Waals surface area (Å²) in [7, 11) is 1.64. The first-order chi connectivity index (χ1) is 13.6. The fourth-order valence-electron chi connectivity index (χ4n) is 3.40. The topological polar surface area (TPSA) is 101 Å². The van der Waals surface area contributed by atoms with Gasteiger partial charge in [0.05, 0.1) is 29.8 Å². The lowest BCUT2D eigenvalue weighted by Gasteiger charge is -2.38. The van der Waals surface area contributed by atoms with Crippen molar-refractivity contribution in [2.24, 2.45) is 0 Å². The van der Waals surface area contributed by atoms with Gasteiger partial charge in [-0.1, -0.05) is 12.1 Å². The molecule has 1 atom stereocenters. The highest BCUT2D eigenvalue weighted by atomic mass is 16.5. The Labute approximate surface area is 164 Å².